The predicted molar refractivity (Wildman–Crippen MR) is 102 cm³/mol. The van der Waals surface area contributed by atoms with Gasteiger partial charge in [-0.1, -0.05) is 31.2 Å². The second kappa shape index (κ2) is 7.56. The molecular formula is C20H32N4. The van der Waals surface area contributed by atoms with E-state index < -0.39 is 0 Å². The molecule has 1 heterocycles. The third-order valence-electron chi connectivity index (χ3n) is 5.47. The molecule has 1 aromatic carbocycles. The fourth-order valence-corrected chi connectivity index (χ4v) is 3.84. The molecule has 4 nitrogen and oxygen atoms in total. The summed E-state index contributed by atoms with van der Waals surface area (Å²) in [6, 6.07) is 9.85. The fourth-order valence-electron chi connectivity index (χ4n) is 3.84. The molecule has 0 radical (unpaired) electrons. The van der Waals surface area contributed by atoms with Gasteiger partial charge in [-0.15, -0.1) is 0 Å². The number of fused-ring (bicyclic) bond motifs is 1. The molecule has 3 rings (SSSR count). The van der Waals surface area contributed by atoms with Crippen LogP contribution in [0.15, 0.2) is 29.3 Å². The number of hydrogen-bond acceptors (Lipinski definition) is 2. The minimum absolute atomic E-state index is 0.485. The molecule has 132 valence electrons. The van der Waals surface area contributed by atoms with E-state index >= 15 is 0 Å². The van der Waals surface area contributed by atoms with E-state index in [0.717, 1.165) is 25.6 Å². The molecule has 0 saturated carbocycles. The number of likely N-dealkylation sites (tertiary alicyclic amines) is 1. The Balaban J connectivity index is 1.59. The zero-order valence-corrected chi connectivity index (χ0v) is 15.5. The van der Waals surface area contributed by atoms with Crippen LogP contribution in [0.5, 0.6) is 0 Å². The van der Waals surface area contributed by atoms with E-state index in [1.807, 2.05) is 0 Å². The monoisotopic (exact) mass is 328 g/mol. The Morgan fingerprint density at radius 1 is 1.29 bits per heavy atom. The van der Waals surface area contributed by atoms with Crippen LogP contribution in [0.25, 0.3) is 0 Å². The molecule has 0 spiro atoms. The molecule has 2 aliphatic rings. The molecule has 4 heteroatoms. The highest BCUT2D eigenvalue weighted by atomic mass is 15.3. The van der Waals surface area contributed by atoms with E-state index in [9.17, 15) is 0 Å². The molecule has 0 bridgehead atoms. The van der Waals surface area contributed by atoms with Crippen molar-refractivity contribution >= 4 is 5.96 Å². The van der Waals surface area contributed by atoms with Crippen molar-refractivity contribution in [2.45, 2.75) is 52.1 Å². The highest BCUT2D eigenvalue weighted by molar-refractivity contribution is 5.80. The minimum Gasteiger partial charge on any atom is -0.357 e. The van der Waals surface area contributed by atoms with Gasteiger partial charge in [0.2, 0.25) is 0 Å². The second-order valence-electron chi connectivity index (χ2n) is 7.60. The smallest absolute Gasteiger partial charge is 0.191 e. The van der Waals surface area contributed by atoms with Gasteiger partial charge in [-0.25, -0.2) is 0 Å². The van der Waals surface area contributed by atoms with Gasteiger partial charge in [0.1, 0.15) is 0 Å². The van der Waals surface area contributed by atoms with Gasteiger partial charge in [0.25, 0.3) is 0 Å². The first kappa shape index (κ1) is 17.3. The van der Waals surface area contributed by atoms with Crippen LogP contribution in [0, 0.1) is 5.92 Å². The second-order valence-corrected chi connectivity index (χ2v) is 7.60. The molecule has 1 aliphatic heterocycles. The van der Waals surface area contributed by atoms with Crippen molar-refractivity contribution in [3.8, 4) is 0 Å². The summed E-state index contributed by atoms with van der Waals surface area (Å²) in [6.07, 6.45) is 1.17. The molecule has 0 amide bonds. The molecule has 1 aromatic rings. The van der Waals surface area contributed by atoms with Crippen LogP contribution in [0.2, 0.25) is 0 Å². The van der Waals surface area contributed by atoms with Crippen molar-refractivity contribution in [2.75, 3.05) is 26.2 Å². The van der Waals surface area contributed by atoms with Gasteiger partial charge < -0.3 is 10.6 Å². The first-order valence-electron chi connectivity index (χ1n) is 9.45. The average Bonchev–Trinajstić information content (AvgIpc) is 2.89. The highest BCUT2D eigenvalue weighted by Gasteiger charge is 2.31. The third kappa shape index (κ3) is 3.75. The van der Waals surface area contributed by atoms with Crippen molar-refractivity contribution in [1.29, 1.82) is 0 Å². The first-order chi connectivity index (χ1) is 11.6. The summed E-state index contributed by atoms with van der Waals surface area (Å²) in [6.45, 7) is 13.1. The SMILES string of the molecule is CCNC(=NCC1Cc2ccccc21)NC1CN(C(C)C)CC1C. The molecule has 24 heavy (non-hydrogen) atoms. The maximum atomic E-state index is 4.88. The topological polar surface area (TPSA) is 39.7 Å². The number of hydrogen-bond donors (Lipinski definition) is 2. The van der Waals surface area contributed by atoms with Crippen LogP contribution < -0.4 is 10.6 Å². The number of nitrogens with one attached hydrogen (secondary N) is 2. The summed E-state index contributed by atoms with van der Waals surface area (Å²) < 4.78 is 0. The van der Waals surface area contributed by atoms with E-state index in [-0.39, 0.29) is 0 Å². The van der Waals surface area contributed by atoms with Crippen LogP contribution >= 0.6 is 0 Å². The zero-order chi connectivity index (χ0) is 17.1. The Bertz CT molecular complexity index is 581. The molecule has 1 fully saturated rings. The summed E-state index contributed by atoms with van der Waals surface area (Å²) >= 11 is 0. The molecule has 1 aliphatic carbocycles. The number of guanidine groups is 1. The Morgan fingerprint density at radius 3 is 2.75 bits per heavy atom. The van der Waals surface area contributed by atoms with Crippen molar-refractivity contribution in [3.63, 3.8) is 0 Å². The number of aliphatic imine (C=N–C) groups is 1. The zero-order valence-electron chi connectivity index (χ0n) is 15.5. The molecule has 3 atom stereocenters. The summed E-state index contributed by atoms with van der Waals surface area (Å²) in [7, 11) is 0. The van der Waals surface area contributed by atoms with Gasteiger partial charge in [0.15, 0.2) is 5.96 Å². The van der Waals surface area contributed by atoms with Gasteiger partial charge in [-0.3, -0.25) is 9.89 Å². The Hall–Kier alpha value is -1.55. The highest BCUT2D eigenvalue weighted by Crippen LogP contribution is 2.34. The van der Waals surface area contributed by atoms with Crippen molar-refractivity contribution < 1.29 is 0 Å². The standard InChI is InChI=1S/C20H32N4/c1-5-21-20(23-19-13-24(14(2)3)12-15(19)4)22-11-17-10-16-8-6-7-9-18(16)17/h6-9,14-15,17,19H,5,10-13H2,1-4H3,(H2,21,22,23). The summed E-state index contributed by atoms with van der Waals surface area (Å²) in [5.74, 6) is 2.22. The van der Waals surface area contributed by atoms with E-state index in [2.05, 4.69) is 67.5 Å². The van der Waals surface area contributed by atoms with Gasteiger partial charge in [-0.05, 0) is 44.2 Å². The predicted octanol–water partition coefficient (Wildman–Crippen LogP) is 2.61. The first-order valence-corrected chi connectivity index (χ1v) is 9.45. The van der Waals surface area contributed by atoms with E-state index in [1.54, 1.807) is 0 Å². The minimum atomic E-state index is 0.485. The van der Waals surface area contributed by atoms with E-state index in [0.29, 0.717) is 23.9 Å². The van der Waals surface area contributed by atoms with Crippen LogP contribution in [0.4, 0.5) is 0 Å². The fraction of sp³-hybridized carbons (Fsp3) is 0.650. The lowest BCUT2D eigenvalue weighted by Crippen LogP contribution is -2.47. The maximum absolute atomic E-state index is 4.88. The van der Waals surface area contributed by atoms with Crippen LogP contribution in [-0.2, 0) is 6.42 Å². The van der Waals surface area contributed by atoms with Crippen LogP contribution in [0.1, 0.15) is 44.7 Å². The summed E-state index contributed by atoms with van der Waals surface area (Å²) in [5, 5.41) is 7.10. The summed E-state index contributed by atoms with van der Waals surface area (Å²) in [4.78, 5) is 7.43. The average molecular weight is 329 g/mol. The van der Waals surface area contributed by atoms with Crippen molar-refractivity contribution in [3.05, 3.63) is 35.4 Å². The third-order valence-corrected chi connectivity index (χ3v) is 5.47. The molecule has 0 aromatic heterocycles. The number of rotatable bonds is 5. The Labute approximate surface area is 146 Å². The Kier molecular flexibility index (Phi) is 5.44. The van der Waals surface area contributed by atoms with E-state index in [1.165, 1.54) is 24.1 Å². The lowest BCUT2D eigenvalue weighted by Gasteiger charge is -2.29. The largest absolute Gasteiger partial charge is 0.357 e. The molecular weight excluding hydrogens is 296 g/mol. The quantitative estimate of drug-likeness (QED) is 0.645. The van der Waals surface area contributed by atoms with Crippen molar-refractivity contribution in [1.82, 2.24) is 15.5 Å². The van der Waals surface area contributed by atoms with Crippen LogP contribution in [0.3, 0.4) is 0 Å². The number of benzene rings is 1. The lowest BCUT2D eigenvalue weighted by molar-refractivity contribution is 0.265. The normalized spacial score (nSPS) is 27.0. The maximum Gasteiger partial charge on any atom is 0.191 e. The molecule has 2 N–H and O–H groups in total. The Morgan fingerprint density at radius 2 is 2.08 bits per heavy atom. The van der Waals surface area contributed by atoms with E-state index in [4.69, 9.17) is 4.99 Å². The lowest BCUT2D eigenvalue weighted by atomic mass is 9.78. The number of nitrogens with zero attached hydrogens (tertiary/aromatic N) is 2. The van der Waals surface area contributed by atoms with Crippen LogP contribution in [-0.4, -0.2) is 49.1 Å². The molecule has 3 unspecified atom stereocenters. The van der Waals surface area contributed by atoms with Crippen molar-refractivity contribution in [2.24, 2.45) is 10.9 Å². The van der Waals surface area contributed by atoms with Gasteiger partial charge in [0.05, 0.1) is 0 Å². The summed E-state index contributed by atoms with van der Waals surface area (Å²) in [5.41, 5.74) is 2.98. The van der Waals surface area contributed by atoms with Gasteiger partial charge in [0, 0.05) is 44.2 Å². The van der Waals surface area contributed by atoms with Gasteiger partial charge >= 0.3 is 0 Å². The molecule has 1 saturated heterocycles. The van der Waals surface area contributed by atoms with Gasteiger partial charge in [-0.2, -0.15) is 0 Å².